The van der Waals surface area contributed by atoms with Crippen LogP contribution in [0.15, 0.2) is 55.1 Å². The maximum atomic E-state index is 5.93. The van der Waals surface area contributed by atoms with Crippen molar-refractivity contribution in [2.75, 3.05) is 13.7 Å². The number of pyridine rings is 1. The second-order valence-corrected chi connectivity index (χ2v) is 6.09. The van der Waals surface area contributed by atoms with Gasteiger partial charge in [-0.15, -0.1) is 0 Å². The van der Waals surface area contributed by atoms with Crippen molar-refractivity contribution in [3.63, 3.8) is 0 Å². The Morgan fingerprint density at radius 3 is 2.77 bits per heavy atom. The Hall–Kier alpha value is -2.86. The lowest BCUT2D eigenvalue weighted by atomic mass is 10.2. The zero-order valence-electron chi connectivity index (χ0n) is 15.2. The molecule has 136 valence electrons. The maximum absolute atomic E-state index is 5.93. The molecule has 6 heteroatoms. The second kappa shape index (κ2) is 9.01. The SMILES string of the molecule is COc1ccc(CNCCn2cc(C)cn2)cc1OCc1cccnc1. The molecule has 0 unspecified atom stereocenters. The number of hydrogen-bond acceptors (Lipinski definition) is 5. The van der Waals surface area contributed by atoms with E-state index in [0.29, 0.717) is 6.61 Å². The van der Waals surface area contributed by atoms with Crippen LogP contribution in [0, 0.1) is 6.92 Å². The van der Waals surface area contributed by atoms with Crippen molar-refractivity contribution in [1.82, 2.24) is 20.1 Å². The highest BCUT2D eigenvalue weighted by Crippen LogP contribution is 2.28. The Bertz CT molecular complexity index is 818. The summed E-state index contributed by atoms with van der Waals surface area (Å²) >= 11 is 0. The van der Waals surface area contributed by atoms with Gasteiger partial charge in [-0.1, -0.05) is 12.1 Å². The molecule has 6 nitrogen and oxygen atoms in total. The van der Waals surface area contributed by atoms with Crippen LogP contribution in [-0.4, -0.2) is 28.4 Å². The first-order valence-corrected chi connectivity index (χ1v) is 8.63. The number of benzene rings is 1. The van der Waals surface area contributed by atoms with E-state index < -0.39 is 0 Å². The van der Waals surface area contributed by atoms with Gasteiger partial charge in [-0.3, -0.25) is 9.67 Å². The highest BCUT2D eigenvalue weighted by molar-refractivity contribution is 5.43. The van der Waals surface area contributed by atoms with Crippen molar-refractivity contribution in [3.05, 3.63) is 71.8 Å². The zero-order chi connectivity index (χ0) is 18.2. The molecule has 26 heavy (non-hydrogen) atoms. The molecule has 2 heterocycles. The van der Waals surface area contributed by atoms with E-state index in [1.54, 1.807) is 19.5 Å². The van der Waals surface area contributed by atoms with Gasteiger partial charge in [0.2, 0.25) is 0 Å². The van der Waals surface area contributed by atoms with Gasteiger partial charge in [0.05, 0.1) is 19.9 Å². The third-order valence-corrected chi connectivity index (χ3v) is 3.95. The molecule has 0 aliphatic carbocycles. The third-order valence-electron chi connectivity index (χ3n) is 3.95. The van der Waals surface area contributed by atoms with E-state index in [2.05, 4.69) is 15.4 Å². The number of nitrogens with zero attached hydrogens (tertiary/aromatic N) is 3. The molecular weight excluding hydrogens is 328 g/mol. The number of aromatic nitrogens is 3. The summed E-state index contributed by atoms with van der Waals surface area (Å²) in [6.45, 7) is 4.95. The molecule has 0 radical (unpaired) electrons. The molecule has 0 saturated heterocycles. The van der Waals surface area contributed by atoms with Crippen molar-refractivity contribution in [2.45, 2.75) is 26.6 Å². The van der Waals surface area contributed by atoms with Gasteiger partial charge < -0.3 is 14.8 Å². The lowest BCUT2D eigenvalue weighted by Crippen LogP contribution is -2.19. The van der Waals surface area contributed by atoms with E-state index in [1.165, 1.54) is 5.56 Å². The fourth-order valence-corrected chi connectivity index (χ4v) is 2.60. The van der Waals surface area contributed by atoms with Gasteiger partial charge in [-0.25, -0.2) is 0 Å². The summed E-state index contributed by atoms with van der Waals surface area (Å²) in [5.41, 5.74) is 3.34. The first kappa shape index (κ1) is 17.9. The molecule has 0 aliphatic heterocycles. The standard InChI is InChI=1S/C20H24N4O2/c1-16-11-23-24(14-16)9-8-22-12-17-5-6-19(25-2)20(10-17)26-15-18-4-3-7-21-13-18/h3-7,10-11,13-14,22H,8-9,12,15H2,1-2H3. The second-order valence-electron chi connectivity index (χ2n) is 6.09. The Balaban J connectivity index is 1.54. The average molecular weight is 352 g/mol. The number of rotatable bonds is 9. The lowest BCUT2D eigenvalue weighted by Gasteiger charge is -2.13. The normalized spacial score (nSPS) is 10.7. The minimum Gasteiger partial charge on any atom is -0.493 e. The predicted molar refractivity (Wildman–Crippen MR) is 100 cm³/mol. The van der Waals surface area contributed by atoms with Crippen LogP contribution in [0.4, 0.5) is 0 Å². The first-order chi connectivity index (χ1) is 12.7. The van der Waals surface area contributed by atoms with Crippen LogP contribution in [0.1, 0.15) is 16.7 Å². The summed E-state index contributed by atoms with van der Waals surface area (Å²) < 4.78 is 13.3. The highest BCUT2D eigenvalue weighted by Gasteiger charge is 2.06. The smallest absolute Gasteiger partial charge is 0.161 e. The van der Waals surface area contributed by atoms with Gasteiger partial charge in [-0.05, 0) is 36.2 Å². The van der Waals surface area contributed by atoms with Gasteiger partial charge in [0.25, 0.3) is 0 Å². The summed E-state index contributed by atoms with van der Waals surface area (Å²) in [4.78, 5) is 4.11. The van der Waals surface area contributed by atoms with E-state index in [1.807, 2.05) is 54.3 Å². The zero-order valence-corrected chi connectivity index (χ0v) is 15.2. The summed E-state index contributed by atoms with van der Waals surface area (Å²) in [6.07, 6.45) is 7.46. The number of aryl methyl sites for hydroxylation is 1. The van der Waals surface area contributed by atoms with Crippen LogP contribution in [-0.2, 0) is 19.7 Å². The average Bonchev–Trinajstić information content (AvgIpc) is 3.09. The molecule has 1 N–H and O–H groups in total. The molecule has 3 rings (SSSR count). The Morgan fingerprint density at radius 2 is 2.04 bits per heavy atom. The number of hydrogen-bond donors (Lipinski definition) is 1. The van der Waals surface area contributed by atoms with Crippen molar-refractivity contribution in [2.24, 2.45) is 0 Å². The fraction of sp³-hybridized carbons (Fsp3) is 0.300. The number of methoxy groups -OCH3 is 1. The van der Waals surface area contributed by atoms with E-state index >= 15 is 0 Å². The van der Waals surface area contributed by atoms with E-state index in [4.69, 9.17) is 9.47 Å². The van der Waals surface area contributed by atoms with Crippen molar-refractivity contribution in [3.8, 4) is 11.5 Å². The third kappa shape index (κ3) is 5.07. The first-order valence-electron chi connectivity index (χ1n) is 8.63. The minimum absolute atomic E-state index is 0.458. The molecule has 2 aromatic heterocycles. The molecule has 3 aromatic rings. The topological polar surface area (TPSA) is 61.2 Å². The van der Waals surface area contributed by atoms with Crippen molar-refractivity contribution in [1.29, 1.82) is 0 Å². The van der Waals surface area contributed by atoms with Crippen LogP contribution in [0.5, 0.6) is 11.5 Å². The summed E-state index contributed by atoms with van der Waals surface area (Å²) in [7, 11) is 1.65. The van der Waals surface area contributed by atoms with Gasteiger partial charge in [-0.2, -0.15) is 5.10 Å². The summed E-state index contributed by atoms with van der Waals surface area (Å²) in [5, 5.41) is 7.72. The molecule has 0 bridgehead atoms. The quantitative estimate of drug-likeness (QED) is 0.600. The maximum Gasteiger partial charge on any atom is 0.161 e. The monoisotopic (exact) mass is 352 g/mol. The van der Waals surface area contributed by atoms with Crippen molar-refractivity contribution < 1.29 is 9.47 Å². The molecular formula is C20H24N4O2. The van der Waals surface area contributed by atoms with Crippen molar-refractivity contribution >= 4 is 0 Å². The summed E-state index contributed by atoms with van der Waals surface area (Å²) in [6, 6.07) is 9.88. The van der Waals surface area contributed by atoms with Crippen LogP contribution >= 0.6 is 0 Å². The Kier molecular flexibility index (Phi) is 6.22. The highest BCUT2D eigenvalue weighted by atomic mass is 16.5. The van der Waals surface area contributed by atoms with Gasteiger partial charge >= 0.3 is 0 Å². The minimum atomic E-state index is 0.458. The Labute approximate surface area is 153 Å². The van der Waals surface area contributed by atoms with Gasteiger partial charge in [0.1, 0.15) is 6.61 Å². The van der Waals surface area contributed by atoms with Gasteiger partial charge in [0, 0.05) is 37.2 Å². The molecule has 0 amide bonds. The molecule has 0 atom stereocenters. The number of nitrogens with one attached hydrogen (secondary N) is 1. The molecule has 0 saturated carbocycles. The van der Waals surface area contributed by atoms with E-state index in [9.17, 15) is 0 Å². The van der Waals surface area contributed by atoms with E-state index in [-0.39, 0.29) is 0 Å². The van der Waals surface area contributed by atoms with Crippen LogP contribution in [0.25, 0.3) is 0 Å². The molecule has 0 fully saturated rings. The largest absolute Gasteiger partial charge is 0.493 e. The van der Waals surface area contributed by atoms with Crippen LogP contribution in [0.3, 0.4) is 0 Å². The van der Waals surface area contributed by atoms with Crippen LogP contribution < -0.4 is 14.8 Å². The Morgan fingerprint density at radius 1 is 1.12 bits per heavy atom. The predicted octanol–water partition coefficient (Wildman–Crippen LogP) is 2.96. The molecule has 0 aliphatic rings. The number of ether oxygens (including phenoxy) is 2. The van der Waals surface area contributed by atoms with Crippen LogP contribution in [0.2, 0.25) is 0 Å². The van der Waals surface area contributed by atoms with E-state index in [0.717, 1.165) is 42.3 Å². The molecule has 1 aromatic carbocycles. The van der Waals surface area contributed by atoms with Gasteiger partial charge in [0.15, 0.2) is 11.5 Å². The lowest BCUT2D eigenvalue weighted by molar-refractivity contribution is 0.283. The molecule has 0 spiro atoms. The fourth-order valence-electron chi connectivity index (χ4n) is 2.60. The summed E-state index contributed by atoms with van der Waals surface area (Å²) in [5.74, 6) is 1.46.